The molecule has 4 aromatic carbocycles. The van der Waals surface area contributed by atoms with Crippen molar-refractivity contribution in [3.63, 3.8) is 0 Å². The molecule has 0 saturated heterocycles. The number of hydrogen-bond acceptors (Lipinski definition) is 5. The van der Waals surface area contributed by atoms with E-state index in [0.29, 0.717) is 17.0 Å². The van der Waals surface area contributed by atoms with Crippen LogP contribution in [0.1, 0.15) is 107 Å². The summed E-state index contributed by atoms with van der Waals surface area (Å²) < 4.78 is 23.2. The lowest BCUT2D eigenvalue weighted by Crippen LogP contribution is -2.39. The van der Waals surface area contributed by atoms with Gasteiger partial charge in [0.05, 0.1) is 11.3 Å². The van der Waals surface area contributed by atoms with E-state index in [9.17, 15) is 19.1 Å². The quantitative estimate of drug-likeness (QED) is 0.0637. The summed E-state index contributed by atoms with van der Waals surface area (Å²) in [5.41, 5.74) is 2.96. The zero-order valence-corrected chi connectivity index (χ0v) is 31.7. The van der Waals surface area contributed by atoms with Crippen molar-refractivity contribution in [2.75, 3.05) is 0 Å². The minimum absolute atomic E-state index is 0.0468. The van der Waals surface area contributed by atoms with E-state index in [1.165, 1.54) is 62.3 Å². The standard InChI is InChI=1S/C43H49ClN2O5S/c1-32(2)30-37(45-52(50)41-25-17-16-24-40(41)46(48)49)31-42(47)51-43(35-20-12-9-13-21-35,38-22-14-15-23-39(38)44)36-28-26-34(27-29-36)33-18-10-7-5-3-4-6-8-11-19-33/h9,12-18,20-29,32,37,45H,3-8,10-11,19,30-31H2,1-2H3/b33-18+/t37-,43?,52?/m1/s1. The Labute approximate surface area is 315 Å². The molecule has 9 heteroatoms. The molecular formula is C43H49ClN2O5S. The van der Waals surface area contributed by atoms with Crippen LogP contribution in [0.4, 0.5) is 5.69 Å². The molecule has 0 saturated carbocycles. The van der Waals surface area contributed by atoms with E-state index in [0.717, 1.165) is 36.0 Å². The summed E-state index contributed by atoms with van der Waals surface area (Å²) in [6.45, 7) is 4.01. The fourth-order valence-corrected chi connectivity index (χ4v) is 8.52. The smallest absolute Gasteiger partial charge is 0.308 e. The maximum absolute atomic E-state index is 14.3. The lowest BCUT2D eigenvalue weighted by molar-refractivity contribution is -0.387. The van der Waals surface area contributed by atoms with Crippen LogP contribution in [-0.4, -0.2) is 21.1 Å². The van der Waals surface area contributed by atoms with Crippen molar-refractivity contribution in [3.05, 3.63) is 147 Å². The Morgan fingerprint density at radius 2 is 1.46 bits per heavy atom. The molecule has 4 aromatic rings. The number of halogens is 1. The molecule has 2 unspecified atom stereocenters. The van der Waals surface area contributed by atoms with E-state index >= 15 is 0 Å². The minimum Gasteiger partial charge on any atom is -0.444 e. The van der Waals surface area contributed by atoms with Crippen molar-refractivity contribution >= 4 is 39.8 Å². The molecule has 0 heterocycles. The van der Waals surface area contributed by atoms with Crippen LogP contribution in [0.25, 0.3) is 5.57 Å². The monoisotopic (exact) mass is 740 g/mol. The maximum atomic E-state index is 14.3. The van der Waals surface area contributed by atoms with E-state index in [4.69, 9.17) is 16.3 Å². The van der Waals surface area contributed by atoms with Crippen LogP contribution in [0.3, 0.4) is 0 Å². The first-order valence-electron chi connectivity index (χ1n) is 18.4. The average Bonchev–Trinajstić information content (AvgIpc) is 3.20. The van der Waals surface area contributed by atoms with Gasteiger partial charge in [-0.3, -0.25) is 14.9 Å². The molecule has 0 amide bonds. The van der Waals surface area contributed by atoms with Crippen LogP contribution < -0.4 is 4.72 Å². The number of nitro benzene ring substituents is 1. The van der Waals surface area contributed by atoms with Crippen LogP contribution in [0.15, 0.2) is 114 Å². The number of carbonyl (C=O) groups excluding carboxylic acids is 1. The zero-order chi connectivity index (χ0) is 36.9. The highest BCUT2D eigenvalue weighted by Gasteiger charge is 2.42. The van der Waals surface area contributed by atoms with E-state index in [1.807, 2.05) is 74.5 Å². The number of esters is 1. The van der Waals surface area contributed by atoms with Crippen molar-refractivity contribution in [1.82, 2.24) is 4.72 Å². The highest BCUT2D eigenvalue weighted by Crippen LogP contribution is 2.44. The third-order valence-corrected chi connectivity index (χ3v) is 11.2. The molecule has 274 valence electrons. The summed E-state index contributed by atoms with van der Waals surface area (Å²) in [7, 11) is -1.95. The Hall–Kier alpha value is -4.11. The normalized spacial score (nSPS) is 17.5. The number of nitrogens with zero attached hydrogens (tertiary/aromatic N) is 1. The molecule has 0 spiro atoms. The van der Waals surface area contributed by atoms with Crippen molar-refractivity contribution < 1.29 is 18.7 Å². The maximum Gasteiger partial charge on any atom is 0.308 e. The predicted molar refractivity (Wildman–Crippen MR) is 210 cm³/mol. The molecule has 0 radical (unpaired) electrons. The second-order valence-corrected chi connectivity index (χ2v) is 15.6. The minimum atomic E-state index is -1.95. The van der Waals surface area contributed by atoms with E-state index in [2.05, 4.69) is 22.9 Å². The van der Waals surface area contributed by atoms with E-state index < -0.39 is 33.5 Å². The first-order valence-corrected chi connectivity index (χ1v) is 20.0. The third-order valence-electron chi connectivity index (χ3n) is 9.61. The number of ether oxygens (including phenoxy) is 1. The third kappa shape index (κ3) is 10.1. The number of benzene rings is 4. The number of hydrogen-bond donors (Lipinski definition) is 1. The van der Waals surface area contributed by atoms with Crippen molar-refractivity contribution in [2.24, 2.45) is 5.92 Å². The molecule has 1 aliphatic carbocycles. The fraction of sp³-hybridized carbons (Fsp3) is 0.372. The lowest BCUT2D eigenvalue weighted by atomic mass is 9.79. The highest BCUT2D eigenvalue weighted by molar-refractivity contribution is 7.83. The average molecular weight is 741 g/mol. The number of rotatable bonds is 13. The largest absolute Gasteiger partial charge is 0.444 e. The molecule has 1 aliphatic rings. The van der Waals surface area contributed by atoms with Gasteiger partial charge in [0.25, 0.3) is 5.69 Å². The van der Waals surface area contributed by atoms with Crippen LogP contribution in [-0.2, 0) is 26.1 Å². The Bertz CT molecular complexity index is 1850. The van der Waals surface area contributed by atoms with Gasteiger partial charge >= 0.3 is 5.97 Å². The van der Waals surface area contributed by atoms with E-state index in [1.54, 1.807) is 12.1 Å². The summed E-state index contributed by atoms with van der Waals surface area (Å²) in [5.74, 6) is -0.402. The molecular weight excluding hydrogens is 692 g/mol. The number of nitro groups is 1. The summed E-state index contributed by atoms with van der Waals surface area (Å²) in [6.07, 6.45) is 13.6. The van der Waals surface area contributed by atoms with Gasteiger partial charge in [-0.2, -0.15) is 0 Å². The summed E-state index contributed by atoms with van der Waals surface area (Å²) in [5, 5.41) is 12.1. The molecule has 0 aromatic heterocycles. The molecule has 0 bridgehead atoms. The Morgan fingerprint density at radius 3 is 2.15 bits per heavy atom. The van der Waals surface area contributed by atoms with Gasteiger partial charge in [0.15, 0.2) is 5.60 Å². The van der Waals surface area contributed by atoms with E-state index in [-0.39, 0.29) is 22.9 Å². The van der Waals surface area contributed by atoms with Gasteiger partial charge in [-0.15, -0.1) is 0 Å². The van der Waals surface area contributed by atoms with Crippen molar-refractivity contribution in [3.8, 4) is 0 Å². The van der Waals surface area contributed by atoms with Crippen LogP contribution in [0.5, 0.6) is 0 Å². The second kappa shape index (κ2) is 19.1. The predicted octanol–water partition coefficient (Wildman–Crippen LogP) is 11.1. The number of para-hydroxylation sites is 1. The molecule has 7 nitrogen and oxygen atoms in total. The lowest BCUT2D eigenvalue weighted by Gasteiger charge is -2.36. The number of nitrogens with one attached hydrogen (secondary N) is 1. The number of carbonyl (C=O) groups is 1. The summed E-state index contributed by atoms with van der Waals surface area (Å²) in [6, 6.07) is 30.7. The topological polar surface area (TPSA) is 98.5 Å². The summed E-state index contributed by atoms with van der Waals surface area (Å²) in [4.78, 5) is 25.5. The van der Waals surface area contributed by atoms with Gasteiger partial charge in [-0.1, -0.05) is 149 Å². The molecule has 5 rings (SSSR count). The first kappa shape index (κ1) is 39.1. The Morgan fingerprint density at radius 1 is 0.846 bits per heavy atom. The molecule has 1 N–H and O–H groups in total. The summed E-state index contributed by atoms with van der Waals surface area (Å²) >= 11 is 6.96. The van der Waals surface area contributed by atoms with Gasteiger partial charge < -0.3 is 4.74 Å². The van der Waals surface area contributed by atoms with Gasteiger partial charge in [0, 0.05) is 33.8 Å². The van der Waals surface area contributed by atoms with Crippen molar-refractivity contribution in [2.45, 2.75) is 101 Å². The SMILES string of the molecule is CC(C)C[C@H](CC(=O)OC(c1ccccc1)(c1ccc(/C2=C/CCCCCCCCC2)cc1)c1ccccc1Cl)NS(=O)c1ccccc1[N+](=O)[O-]. The van der Waals surface area contributed by atoms with Gasteiger partial charge in [0.1, 0.15) is 15.9 Å². The highest BCUT2D eigenvalue weighted by atomic mass is 35.5. The molecule has 0 fully saturated rings. The Kier molecular flexibility index (Phi) is 14.4. The molecule has 0 aliphatic heterocycles. The van der Waals surface area contributed by atoms with Gasteiger partial charge in [-0.05, 0) is 61.3 Å². The Balaban J connectivity index is 1.52. The van der Waals surface area contributed by atoms with Gasteiger partial charge in [-0.25, -0.2) is 8.93 Å². The fourth-order valence-electron chi connectivity index (χ4n) is 7.11. The molecule has 3 atom stereocenters. The molecule has 52 heavy (non-hydrogen) atoms. The van der Waals surface area contributed by atoms with Crippen molar-refractivity contribution in [1.29, 1.82) is 0 Å². The zero-order valence-electron chi connectivity index (χ0n) is 30.1. The van der Waals surface area contributed by atoms with Gasteiger partial charge in [0.2, 0.25) is 0 Å². The first-order chi connectivity index (χ1) is 25.2. The van der Waals surface area contributed by atoms with Crippen LogP contribution in [0, 0.1) is 16.0 Å². The number of allylic oxidation sites excluding steroid dienone is 2. The van der Waals surface area contributed by atoms with Crippen LogP contribution in [0.2, 0.25) is 5.02 Å². The second-order valence-electron chi connectivity index (χ2n) is 14.0. The van der Waals surface area contributed by atoms with Crippen LogP contribution >= 0.6 is 11.6 Å².